The Hall–Kier alpha value is -1.63. The maximum Gasteiger partial charge on any atom is 0.309 e. The molecule has 2 amide bonds. The summed E-state index contributed by atoms with van der Waals surface area (Å²) in [4.78, 5) is 38.8. The summed E-state index contributed by atoms with van der Waals surface area (Å²) in [5.41, 5.74) is 0.580. The molecule has 2 aliphatic rings. The van der Waals surface area contributed by atoms with Crippen molar-refractivity contribution >= 4 is 41.0 Å². The predicted octanol–water partition coefficient (Wildman–Crippen LogP) is 1.01. The number of fused-ring (bicyclic) bond motifs is 1. The minimum atomic E-state index is -0.351. The zero-order valence-electron chi connectivity index (χ0n) is 13.1. The molecule has 6 nitrogen and oxygen atoms in total. The molecule has 1 aromatic carbocycles. The van der Waals surface area contributed by atoms with Crippen LogP contribution in [0.25, 0.3) is 0 Å². The highest BCUT2D eigenvalue weighted by Gasteiger charge is 2.39. The number of hydrogen-bond acceptors (Lipinski definition) is 4. The van der Waals surface area contributed by atoms with Gasteiger partial charge in [0.05, 0.1) is 47.3 Å². The van der Waals surface area contributed by atoms with Crippen molar-refractivity contribution in [3.8, 4) is 0 Å². The van der Waals surface area contributed by atoms with Crippen LogP contribution in [-0.2, 0) is 9.53 Å². The molecule has 8 heteroatoms. The van der Waals surface area contributed by atoms with E-state index in [-0.39, 0.29) is 40.4 Å². The third-order valence-electron chi connectivity index (χ3n) is 4.62. The van der Waals surface area contributed by atoms with Crippen LogP contribution in [0.2, 0.25) is 10.0 Å². The van der Waals surface area contributed by atoms with Crippen molar-refractivity contribution < 1.29 is 24.0 Å². The van der Waals surface area contributed by atoms with E-state index in [0.29, 0.717) is 37.1 Å². The van der Waals surface area contributed by atoms with Gasteiger partial charge in [0.1, 0.15) is 0 Å². The monoisotopic (exact) mass is 371 g/mol. The molecule has 24 heavy (non-hydrogen) atoms. The summed E-state index contributed by atoms with van der Waals surface area (Å²) in [6, 6.07) is 2.89. The van der Waals surface area contributed by atoms with Crippen LogP contribution in [0.3, 0.4) is 0 Å². The molecular weight excluding hydrogens is 355 g/mol. The van der Waals surface area contributed by atoms with E-state index in [0.717, 1.165) is 4.90 Å². The van der Waals surface area contributed by atoms with Gasteiger partial charge in [0.15, 0.2) is 6.67 Å². The Balaban J connectivity index is 1.68. The molecule has 1 aromatic rings. The zero-order chi connectivity index (χ0) is 17.4. The molecule has 3 rings (SSSR count). The van der Waals surface area contributed by atoms with Crippen LogP contribution in [0, 0.1) is 5.92 Å². The number of piperidine rings is 1. The fraction of sp³-hybridized carbons (Fsp3) is 0.438. The van der Waals surface area contributed by atoms with Crippen LogP contribution in [0.5, 0.6) is 0 Å². The molecule has 0 bridgehead atoms. The lowest BCUT2D eigenvalue weighted by Crippen LogP contribution is -3.14. The number of nitrogens with zero attached hydrogens (tertiary/aromatic N) is 1. The number of halogens is 2. The first-order valence-corrected chi connectivity index (χ1v) is 8.44. The van der Waals surface area contributed by atoms with Crippen LogP contribution in [-0.4, -0.2) is 49.6 Å². The van der Waals surface area contributed by atoms with Crippen molar-refractivity contribution in [3.63, 3.8) is 0 Å². The minimum absolute atomic E-state index is 0.0986. The molecule has 0 unspecified atom stereocenters. The molecule has 0 aliphatic carbocycles. The number of quaternary nitrogens is 1. The summed E-state index contributed by atoms with van der Waals surface area (Å²) in [5, 5.41) is 0.509. The Labute approximate surface area is 149 Å². The third kappa shape index (κ3) is 3.01. The second-order valence-corrected chi connectivity index (χ2v) is 6.87. The summed E-state index contributed by atoms with van der Waals surface area (Å²) >= 11 is 11.9. The standard InChI is InChI=1S/C16H16Cl2N2O4/c1-24-16(23)9-2-4-19(5-3-9)8-20-14(21)10-6-12(17)13(18)7-11(10)15(20)22/h6-7,9H,2-5,8H2,1H3/p+1. The smallest absolute Gasteiger partial charge is 0.309 e. The van der Waals surface area contributed by atoms with Crippen LogP contribution in [0.1, 0.15) is 33.6 Å². The van der Waals surface area contributed by atoms with Crippen LogP contribution in [0.4, 0.5) is 0 Å². The van der Waals surface area contributed by atoms with Gasteiger partial charge in [0.25, 0.3) is 11.8 Å². The van der Waals surface area contributed by atoms with Crippen LogP contribution >= 0.6 is 23.2 Å². The molecular formula is C16H17Cl2N2O4+. The molecule has 0 aromatic heterocycles. The number of hydrogen-bond donors (Lipinski definition) is 1. The Kier molecular flexibility index (Phi) is 4.80. The second kappa shape index (κ2) is 6.70. The van der Waals surface area contributed by atoms with Gasteiger partial charge in [0, 0.05) is 12.8 Å². The molecule has 2 heterocycles. The lowest BCUT2D eigenvalue weighted by Gasteiger charge is -2.29. The molecule has 0 atom stereocenters. The molecule has 1 N–H and O–H groups in total. The SMILES string of the molecule is COC(=O)C1CC[NH+](CN2C(=O)c3cc(Cl)c(Cl)cc3C2=O)CC1. The molecule has 1 saturated heterocycles. The van der Waals surface area contributed by atoms with Crippen molar-refractivity contribution in [3.05, 3.63) is 33.3 Å². The number of carbonyl (C=O) groups is 3. The van der Waals surface area contributed by atoms with Gasteiger partial charge in [-0.1, -0.05) is 23.2 Å². The lowest BCUT2D eigenvalue weighted by atomic mass is 9.97. The second-order valence-electron chi connectivity index (χ2n) is 6.06. The molecule has 0 radical (unpaired) electrons. The van der Waals surface area contributed by atoms with Gasteiger partial charge in [-0.3, -0.25) is 14.4 Å². The van der Waals surface area contributed by atoms with Gasteiger partial charge in [-0.2, -0.15) is 0 Å². The highest BCUT2D eigenvalue weighted by molar-refractivity contribution is 6.43. The lowest BCUT2D eigenvalue weighted by molar-refractivity contribution is -0.912. The summed E-state index contributed by atoms with van der Waals surface area (Å²) in [6.45, 7) is 1.68. The summed E-state index contributed by atoms with van der Waals surface area (Å²) in [6.07, 6.45) is 1.37. The molecule has 1 fully saturated rings. The number of rotatable bonds is 3. The number of benzene rings is 1. The van der Waals surface area contributed by atoms with E-state index in [1.165, 1.54) is 24.1 Å². The van der Waals surface area contributed by atoms with Gasteiger partial charge >= 0.3 is 5.97 Å². The number of amides is 2. The Morgan fingerprint density at radius 2 is 1.67 bits per heavy atom. The van der Waals surface area contributed by atoms with Gasteiger partial charge in [-0.15, -0.1) is 0 Å². The predicted molar refractivity (Wildman–Crippen MR) is 87.3 cm³/mol. The largest absolute Gasteiger partial charge is 0.469 e. The van der Waals surface area contributed by atoms with E-state index < -0.39 is 0 Å². The minimum Gasteiger partial charge on any atom is -0.469 e. The van der Waals surface area contributed by atoms with E-state index >= 15 is 0 Å². The van der Waals surface area contributed by atoms with Crippen molar-refractivity contribution in [2.75, 3.05) is 26.9 Å². The number of nitrogens with one attached hydrogen (secondary N) is 1. The van der Waals surface area contributed by atoms with Crippen molar-refractivity contribution in [1.29, 1.82) is 0 Å². The molecule has 2 aliphatic heterocycles. The van der Waals surface area contributed by atoms with Crippen LogP contribution < -0.4 is 4.90 Å². The maximum absolute atomic E-state index is 12.5. The van der Waals surface area contributed by atoms with Crippen molar-refractivity contribution in [1.82, 2.24) is 4.90 Å². The summed E-state index contributed by atoms with van der Waals surface area (Å²) < 4.78 is 4.77. The highest BCUT2D eigenvalue weighted by Crippen LogP contribution is 2.31. The third-order valence-corrected chi connectivity index (χ3v) is 5.34. The topological polar surface area (TPSA) is 68.1 Å². The highest BCUT2D eigenvalue weighted by atomic mass is 35.5. The first-order valence-electron chi connectivity index (χ1n) is 7.69. The van der Waals surface area contributed by atoms with Gasteiger partial charge in [0.2, 0.25) is 0 Å². The average Bonchev–Trinajstić information content (AvgIpc) is 2.80. The Bertz CT molecular complexity index is 673. The molecule has 128 valence electrons. The number of esters is 1. The number of carbonyl (C=O) groups excluding carboxylic acids is 3. The normalized spacial score (nSPS) is 23.4. The Morgan fingerprint density at radius 1 is 1.17 bits per heavy atom. The number of methoxy groups -OCH3 is 1. The molecule has 0 spiro atoms. The fourth-order valence-electron chi connectivity index (χ4n) is 3.24. The first-order chi connectivity index (χ1) is 11.4. The average molecular weight is 372 g/mol. The number of imide groups is 1. The number of likely N-dealkylation sites (tertiary alicyclic amines) is 1. The number of ether oxygens (including phenoxy) is 1. The Morgan fingerprint density at radius 3 is 2.12 bits per heavy atom. The van der Waals surface area contributed by atoms with E-state index in [9.17, 15) is 14.4 Å². The summed E-state index contributed by atoms with van der Waals surface area (Å²) in [7, 11) is 1.39. The van der Waals surface area contributed by atoms with E-state index in [4.69, 9.17) is 27.9 Å². The first kappa shape index (κ1) is 17.2. The van der Waals surface area contributed by atoms with Gasteiger partial charge < -0.3 is 9.64 Å². The fourth-order valence-corrected chi connectivity index (χ4v) is 3.56. The maximum atomic E-state index is 12.5. The van der Waals surface area contributed by atoms with E-state index in [1.54, 1.807) is 0 Å². The van der Waals surface area contributed by atoms with E-state index in [1.807, 2.05) is 0 Å². The van der Waals surface area contributed by atoms with Crippen molar-refractivity contribution in [2.45, 2.75) is 12.8 Å². The van der Waals surface area contributed by atoms with Gasteiger partial charge in [-0.05, 0) is 12.1 Å². The van der Waals surface area contributed by atoms with Crippen LogP contribution in [0.15, 0.2) is 12.1 Å². The van der Waals surface area contributed by atoms with E-state index in [2.05, 4.69) is 0 Å². The van der Waals surface area contributed by atoms with Crippen molar-refractivity contribution in [2.24, 2.45) is 5.92 Å². The summed E-state index contributed by atoms with van der Waals surface area (Å²) in [5.74, 6) is -0.995. The zero-order valence-corrected chi connectivity index (χ0v) is 14.6. The van der Waals surface area contributed by atoms with Gasteiger partial charge in [-0.25, -0.2) is 4.90 Å². The quantitative estimate of drug-likeness (QED) is 0.636. The molecule has 0 saturated carbocycles.